The van der Waals surface area contributed by atoms with Crippen molar-refractivity contribution in [3.63, 3.8) is 0 Å². The number of carbonyl (C=O) groups is 1. The van der Waals surface area contributed by atoms with Crippen LogP contribution in [0.4, 0.5) is 32.0 Å². The summed E-state index contributed by atoms with van der Waals surface area (Å²) in [5.74, 6) is -1.83. The van der Waals surface area contributed by atoms with Crippen LogP contribution in [0.15, 0.2) is 53.6 Å². The van der Waals surface area contributed by atoms with E-state index in [0.717, 1.165) is 16.4 Å². The zero-order chi connectivity index (χ0) is 33.3. The quantitative estimate of drug-likeness (QED) is 0.184. The van der Waals surface area contributed by atoms with E-state index in [2.05, 4.69) is 4.98 Å². The van der Waals surface area contributed by atoms with Gasteiger partial charge in [-0.3, -0.25) is 9.10 Å². The lowest BCUT2D eigenvalue weighted by Crippen LogP contribution is -2.44. The number of halogens is 7. The third-order valence-electron chi connectivity index (χ3n) is 6.69. The molecule has 1 aromatic heterocycles. The summed E-state index contributed by atoms with van der Waals surface area (Å²) in [4.78, 5) is 13.9. The number of fused-ring (bicyclic) bond motifs is 1. The number of ether oxygens (including phenoxy) is 2. The van der Waals surface area contributed by atoms with Crippen LogP contribution in [0.5, 0.6) is 11.6 Å². The van der Waals surface area contributed by atoms with Crippen LogP contribution in [0.25, 0.3) is 11.6 Å². The highest BCUT2D eigenvalue weighted by Gasteiger charge is 2.40. The van der Waals surface area contributed by atoms with E-state index in [1.807, 2.05) is 0 Å². The minimum Gasteiger partial charge on any atom is -0.486 e. The molecule has 0 saturated heterocycles. The van der Waals surface area contributed by atoms with Crippen molar-refractivity contribution in [2.24, 2.45) is 0 Å². The molecule has 0 saturated carbocycles. The zero-order valence-electron chi connectivity index (χ0n) is 23.5. The van der Waals surface area contributed by atoms with E-state index >= 15 is 0 Å². The van der Waals surface area contributed by atoms with Gasteiger partial charge in [0.2, 0.25) is 5.88 Å². The molecular weight excluding hydrogens is 654 g/mol. The summed E-state index contributed by atoms with van der Waals surface area (Å²) in [5, 5.41) is 8.97. The minimum absolute atomic E-state index is 0.0540. The van der Waals surface area contributed by atoms with Gasteiger partial charge in [0.1, 0.15) is 11.9 Å². The fourth-order valence-corrected chi connectivity index (χ4v) is 6.63. The molecule has 3 aromatic rings. The van der Waals surface area contributed by atoms with Gasteiger partial charge in [-0.05, 0) is 61.7 Å². The van der Waals surface area contributed by atoms with Crippen molar-refractivity contribution in [1.82, 2.24) is 4.98 Å². The van der Waals surface area contributed by atoms with Gasteiger partial charge in [-0.1, -0.05) is 29.8 Å². The molecule has 0 radical (unpaired) electrons. The molecule has 1 unspecified atom stereocenters. The summed E-state index contributed by atoms with van der Waals surface area (Å²) in [6.45, 7) is 2.23. The molecule has 1 atom stereocenters. The highest BCUT2D eigenvalue weighted by molar-refractivity contribution is 7.93. The van der Waals surface area contributed by atoms with Crippen LogP contribution >= 0.6 is 11.6 Å². The molecule has 2 heterocycles. The number of alkyl halides is 6. The van der Waals surface area contributed by atoms with Gasteiger partial charge in [-0.25, -0.2) is 13.4 Å². The molecule has 45 heavy (non-hydrogen) atoms. The topological polar surface area (TPSA) is 106 Å². The Labute approximate surface area is 258 Å². The first-order chi connectivity index (χ1) is 20.9. The second kappa shape index (κ2) is 12.8. The highest BCUT2D eigenvalue weighted by atomic mass is 35.5. The number of carboxylic acid groups (broad SMARTS) is 1. The molecule has 4 rings (SSSR count). The van der Waals surface area contributed by atoms with Gasteiger partial charge >= 0.3 is 18.3 Å². The number of hydrogen-bond acceptors (Lipinski definition) is 6. The molecule has 0 amide bonds. The lowest BCUT2D eigenvalue weighted by atomic mass is 9.98. The highest BCUT2D eigenvalue weighted by Crippen LogP contribution is 2.43. The van der Waals surface area contributed by atoms with Gasteiger partial charge in [-0.2, -0.15) is 26.3 Å². The smallest absolute Gasteiger partial charge is 0.417 e. The van der Waals surface area contributed by atoms with Crippen molar-refractivity contribution in [3.05, 3.63) is 75.9 Å². The van der Waals surface area contributed by atoms with Crippen molar-refractivity contribution in [2.45, 2.75) is 50.0 Å². The van der Waals surface area contributed by atoms with E-state index in [1.165, 1.54) is 44.2 Å². The number of anilines is 1. The molecule has 1 N–H and O–H groups in total. The van der Waals surface area contributed by atoms with E-state index in [0.29, 0.717) is 12.3 Å². The van der Waals surface area contributed by atoms with E-state index in [4.69, 9.17) is 26.2 Å². The van der Waals surface area contributed by atoms with E-state index < -0.39 is 69.3 Å². The largest absolute Gasteiger partial charge is 0.486 e. The normalized spacial score (nSPS) is 15.8. The molecule has 0 aliphatic carbocycles. The summed E-state index contributed by atoms with van der Waals surface area (Å²) in [5.41, 5.74) is -2.50. The molecule has 242 valence electrons. The van der Waals surface area contributed by atoms with Crippen LogP contribution in [0.1, 0.15) is 48.9 Å². The fourth-order valence-electron chi connectivity index (χ4n) is 4.70. The van der Waals surface area contributed by atoms with E-state index in [1.54, 1.807) is 0 Å². The first-order valence-corrected chi connectivity index (χ1v) is 15.0. The summed E-state index contributed by atoms with van der Waals surface area (Å²) in [6.07, 6.45) is -9.48. The van der Waals surface area contributed by atoms with Gasteiger partial charge < -0.3 is 14.6 Å². The monoisotopic (exact) mass is 678 g/mol. The lowest BCUT2D eigenvalue weighted by Gasteiger charge is -2.36. The van der Waals surface area contributed by atoms with Crippen LogP contribution in [0.2, 0.25) is 5.02 Å². The maximum absolute atomic E-state index is 14.1. The molecule has 1 aliphatic heterocycles. The molecule has 0 fully saturated rings. The second-order valence-electron chi connectivity index (χ2n) is 9.88. The number of pyridine rings is 1. The van der Waals surface area contributed by atoms with Crippen LogP contribution in [-0.2, 0) is 27.2 Å². The molecule has 16 heteroatoms. The Hall–Kier alpha value is -3.98. The van der Waals surface area contributed by atoms with Crippen molar-refractivity contribution in [1.29, 1.82) is 0 Å². The number of carboxylic acids is 1. The zero-order valence-corrected chi connectivity index (χ0v) is 25.1. The Morgan fingerprint density at radius 1 is 1.16 bits per heavy atom. The van der Waals surface area contributed by atoms with Crippen molar-refractivity contribution < 1.29 is 54.1 Å². The average Bonchev–Trinajstić information content (AvgIpc) is 2.94. The lowest BCUT2D eigenvalue weighted by molar-refractivity contribution is -0.138. The van der Waals surface area contributed by atoms with Gasteiger partial charge in [0, 0.05) is 23.2 Å². The Morgan fingerprint density at radius 2 is 1.87 bits per heavy atom. The number of aliphatic carboxylic acids is 1. The number of benzene rings is 2. The predicted molar refractivity (Wildman–Crippen MR) is 153 cm³/mol. The Bertz CT molecular complexity index is 1740. The Balaban J connectivity index is 1.88. The summed E-state index contributed by atoms with van der Waals surface area (Å²) in [7, 11) is -4.88. The van der Waals surface area contributed by atoms with Crippen LogP contribution in [0, 0.1) is 0 Å². The maximum Gasteiger partial charge on any atom is 0.417 e. The Kier molecular flexibility index (Phi) is 9.64. The van der Waals surface area contributed by atoms with Crippen LogP contribution in [-0.4, -0.2) is 43.7 Å². The van der Waals surface area contributed by atoms with E-state index in [-0.39, 0.29) is 46.2 Å². The third-order valence-corrected chi connectivity index (χ3v) is 8.78. The SMILES string of the molecule is CCOc1ncc(C(F)(F)F)cc1S(=O)(=O)N1CC(CCC(=O)O)Oc2ccc(/C=C(\C)c3c(Cl)cccc3C(F)(F)F)cc21. The average molecular weight is 679 g/mol. The number of aromatic nitrogens is 1. The first-order valence-electron chi connectivity index (χ1n) is 13.2. The van der Waals surface area contributed by atoms with Gasteiger partial charge in [0.05, 0.1) is 30.0 Å². The molecule has 1 aliphatic rings. The molecule has 2 aromatic carbocycles. The second-order valence-corrected chi connectivity index (χ2v) is 12.1. The summed E-state index contributed by atoms with van der Waals surface area (Å²) < 4.78 is 122. The number of rotatable bonds is 9. The van der Waals surface area contributed by atoms with Crippen LogP contribution in [0.3, 0.4) is 0 Å². The molecule has 0 bridgehead atoms. The standard InChI is InChI=1S/C29H25ClF6N2O6S/c1-3-43-27-24(13-18(14-37-27)28(31,32)33)45(41,42)38-15-19(8-10-25(39)40)44-23-9-7-17(12-22(23)38)11-16(2)26-20(29(34,35)36)5-4-6-21(26)30/h4-7,9,11-14,19H,3,8,10,15H2,1-2H3,(H,39,40)/b16-11+. The maximum atomic E-state index is 14.1. The summed E-state index contributed by atoms with van der Waals surface area (Å²) >= 11 is 6.13. The fraction of sp³-hybridized carbons (Fsp3) is 0.310. The van der Waals surface area contributed by atoms with E-state index in [9.17, 15) is 39.6 Å². The molecular formula is C29H25ClF6N2O6S. The van der Waals surface area contributed by atoms with Gasteiger partial charge in [0.25, 0.3) is 10.0 Å². The van der Waals surface area contributed by atoms with Crippen LogP contribution < -0.4 is 13.8 Å². The number of nitrogens with zero attached hydrogens (tertiary/aromatic N) is 2. The number of hydrogen-bond donors (Lipinski definition) is 1. The van der Waals surface area contributed by atoms with Gasteiger partial charge in [-0.15, -0.1) is 0 Å². The van der Waals surface area contributed by atoms with Gasteiger partial charge in [0.15, 0.2) is 4.90 Å². The summed E-state index contributed by atoms with van der Waals surface area (Å²) in [6, 6.07) is 7.72. The van der Waals surface area contributed by atoms with Crippen molar-refractivity contribution >= 4 is 44.9 Å². The molecule has 0 spiro atoms. The number of allylic oxidation sites excluding steroid dienone is 1. The first kappa shape index (κ1) is 33.9. The Morgan fingerprint density at radius 3 is 2.49 bits per heavy atom. The third kappa shape index (κ3) is 7.47. The number of sulfonamides is 1. The molecule has 8 nitrogen and oxygen atoms in total. The predicted octanol–water partition coefficient (Wildman–Crippen LogP) is 7.55. The van der Waals surface area contributed by atoms with Crippen molar-refractivity contribution in [3.8, 4) is 11.6 Å². The van der Waals surface area contributed by atoms with Crippen molar-refractivity contribution in [2.75, 3.05) is 17.5 Å². The minimum atomic E-state index is -4.95.